The monoisotopic (exact) mass is 224 g/mol. The van der Waals surface area contributed by atoms with Crippen molar-refractivity contribution in [3.05, 3.63) is 0 Å². The Kier molecular flexibility index (Phi) is 5.03. The normalized spacial score (nSPS) is 14.3. The topological polar surface area (TPSA) is 95.5 Å². The van der Waals surface area contributed by atoms with Gasteiger partial charge in [0.25, 0.3) is 10.2 Å². The van der Waals surface area contributed by atoms with E-state index in [1.165, 1.54) is 0 Å². The number of carbonyl (C=O) groups is 1. The minimum Gasteiger partial charge on any atom is -0.480 e. The van der Waals surface area contributed by atoms with Gasteiger partial charge in [-0.05, 0) is 20.3 Å². The molecule has 0 heterocycles. The zero-order chi connectivity index (χ0) is 11.4. The molecule has 7 heteroatoms. The van der Waals surface area contributed by atoms with Gasteiger partial charge in [0.15, 0.2) is 0 Å². The third-order valence-electron chi connectivity index (χ3n) is 1.39. The molecule has 0 radical (unpaired) electrons. The molecule has 0 aliphatic carbocycles. The van der Waals surface area contributed by atoms with Gasteiger partial charge in [-0.1, -0.05) is 6.92 Å². The van der Waals surface area contributed by atoms with E-state index < -0.39 is 22.2 Å². The Morgan fingerprint density at radius 2 is 1.86 bits per heavy atom. The number of hydrogen-bond acceptors (Lipinski definition) is 3. The van der Waals surface area contributed by atoms with Crippen molar-refractivity contribution in [1.29, 1.82) is 0 Å². The first-order chi connectivity index (χ1) is 6.28. The summed E-state index contributed by atoms with van der Waals surface area (Å²) >= 11 is 0. The van der Waals surface area contributed by atoms with Crippen LogP contribution in [0.25, 0.3) is 0 Å². The average Bonchev–Trinajstić information content (AvgIpc) is 1.97. The highest BCUT2D eigenvalue weighted by molar-refractivity contribution is 7.87. The van der Waals surface area contributed by atoms with Gasteiger partial charge in [-0.25, -0.2) is 0 Å². The fourth-order valence-corrected chi connectivity index (χ4v) is 2.17. The van der Waals surface area contributed by atoms with Crippen LogP contribution in [-0.4, -0.2) is 31.6 Å². The van der Waals surface area contributed by atoms with Crippen molar-refractivity contribution in [2.75, 3.05) is 0 Å². The van der Waals surface area contributed by atoms with Crippen molar-refractivity contribution in [1.82, 2.24) is 9.44 Å². The number of hydrogen-bond donors (Lipinski definition) is 3. The Bertz CT molecular complexity index is 286. The molecule has 0 aliphatic heterocycles. The second kappa shape index (κ2) is 5.28. The lowest BCUT2D eigenvalue weighted by atomic mass is 10.2. The van der Waals surface area contributed by atoms with Crippen molar-refractivity contribution in [3.63, 3.8) is 0 Å². The lowest BCUT2D eigenvalue weighted by Crippen LogP contribution is -2.47. The van der Waals surface area contributed by atoms with E-state index in [-0.39, 0.29) is 12.5 Å². The number of carboxylic acid groups (broad SMARTS) is 1. The molecule has 6 nitrogen and oxygen atoms in total. The Hall–Kier alpha value is -0.660. The SMILES string of the molecule is CC[C@H](NS(=O)(=O)NC(C)C)C(=O)O. The molecule has 0 unspecified atom stereocenters. The first-order valence-corrected chi connectivity index (χ1v) is 5.79. The zero-order valence-corrected chi connectivity index (χ0v) is 9.26. The van der Waals surface area contributed by atoms with E-state index in [9.17, 15) is 13.2 Å². The lowest BCUT2D eigenvalue weighted by Gasteiger charge is -2.14. The molecular weight excluding hydrogens is 208 g/mol. The molecule has 0 saturated carbocycles. The molecule has 0 bridgehead atoms. The minimum atomic E-state index is -3.72. The smallest absolute Gasteiger partial charge is 0.321 e. The van der Waals surface area contributed by atoms with Gasteiger partial charge in [-0.3, -0.25) is 4.79 Å². The van der Waals surface area contributed by atoms with E-state index in [1.807, 2.05) is 4.72 Å². The molecule has 0 rings (SSSR count). The van der Waals surface area contributed by atoms with Crippen LogP contribution >= 0.6 is 0 Å². The zero-order valence-electron chi connectivity index (χ0n) is 8.44. The summed E-state index contributed by atoms with van der Waals surface area (Å²) in [7, 11) is -3.72. The molecular formula is C7H16N2O4S. The highest BCUT2D eigenvalue weighted by atomic mass is 32.2. The van der Waals surface area contributed by atoms with Gasteiger partial charge in [0.1, 0.15) is 6.04 Å². The van der Waals surface area contributed by atoms with E-state index in [4.69, 9.17) is 5.11 Å². The maximum Gasteiger partial charge on any atom is 0.321 e. The van der Waals surface area contributed by atoms with Crippen molar-refractivity contribution < 1.29 is 18.3 Å². The molecule has 1 atom stereocenters. The van der Waals surface area contributed by atoms with E-state index in [0.29, 0.717) is 0 Å². The summed E-state index contributed by atoms with van der Waals surface area (Å²) in [4.78, 5) is 10.5. The summed E-state index contributed by atoms with van der Waals surface area (Å²) in [5.74, 6) is -1.18. The quantitative estimate of drug-likeness (QED) is 0.576. The summed E-state index contributed by atoms with van der Waals surface area (Å²) < 4.78 is 26.7. The van der Waals surface area contributed by atoms with Crippen LogP contribution in [0.2, 0.25) is 0 Å². The van der Waals surface area contributed by atoms with Crippen LogP contribution in [0.1, 0.15) is 27.2 Å². The van der Waals surface area contributed by atoms with Crippen molar-refractivity contribution in [2.45, 2.75) is 39.3 Å². The van der Waals surface area contributed by atoms with Crippen LogP contribution in [0.4, 0.5) is 0 Å². The molecule has 0 amide bonds. The second-order valence-corrected chi connectivity index (χ2v) is 4.67. The first kappa shape index (κ1) is 13.3. The average molecular weight is 224 g/mol. The number of nitrogens with one attached hydrogen (secondary N) is 2. The van der Waals surface area contributed by atoms with Crippen LogP contribution in [-0.2, 0) is 15.0 Å². The predicted octanol–water partition coefficient (Wildman–Crippen LogP) is -0.318. The molecule has 0 spiro atoms. The second-order valence-electron chi connectivity index (χ2n) is 3.19. The largest absolute Gasteiger partial charge is 0.480 e. The van der Waals surface area contributed by atoms with Crippen molar-refractivity contribution >= 4 is 16.2 Å². The summed E-state index contributed by atoms with van der Waals surface area (Å²) in [6.07, 6.45) is 0.203. The number of carboxylic acids is 1. The predicted molar refractivity (Wildman–Crippen MR) is 52.0 cm³/mol. The molecule has 84 valence electrons. The fourth-order valence-electron chi connectivity index (χ4n) is 0.840. The van der Waals surface area contributed by atoms with Crippen LogP contribution in [0.15, 0.2) is 0 Å². The molecule has 0 aromatic rings. The molecule has 3 N–H and O–H groups in total. The molecule has 0 saturated heterocycles. The minimum absolute atomic E-state index is 0.203. The standard InChI is InChI=1S/C7H16N2O4S/c1-4-6(7(10)11)9-14(12,13)8-5(2)3/h5-6,8-9H,4H2,1-3H3,(H,10,11)/t6-/m0/s1. The van der Waals surface area contributed by atoms with E-state index in [2.05, 4.69) is 4.72 Å². The summed E-state index contributed by atoms with van der Waals surface area (Å²) in [6, 6.07) is -1.34. The highest BCUT2D eigenvalue weighted by Crippen LogP contribution is 1.94. The van der Waals surface area contributed by atoms with E-state index in [1.54, 1.807) is 20.8 Å². The molecule has 0 aromatic heterocycles. The van der Waals surface area contributed by atoms with Gasteiger partial charge < -0.3 is 5.11 Å². The van der Waals surface area contributed by atoms with Gasteiger partial charge >= 0.3 is 5.97 Å². The molecule has 0 aliphatic rings. The Morgan fingerprint density at radius 1 is 1.36 bits per heavy atom. The van der Waals surface area contributed by atoms with Gasteiger partial charge in [0, 0.05) is 6.04 Å². The lowest BCUT2D eigenvalue weighted by molar-refractivity contribution is -0.139. The number of aliphatic carboxylic acids is 1. The Morgan fingerprint density at radius 3 is 2.14 bits per heavy atom. The number of rotatable bonds is 6. The van der Waals surface area contributed by atoms with Crippen LogP contribution < -0.4 is 9.44 Å². The Labute approximate surface area is 83.9 Å². The third kappa shape index (κ3) is 5.15. The summed E-state index contributed by atoms with van der Waals surface area (Å²) in [5, 5.41) is 8.62. The first-order valence-electron chi connectivity index (χ1n) is 4.31. The van der Waals surface area contributed by atoms with E-state index >= 15 is 0 Å². The van der Waals surface area contributed by atoms with Crippen molar-refractivity contribution in [3.8, 4) is 0 Å². The maximum absolute atomic E-state index is 11.2. The Balaban J connectivity index is 4.41. The summed E-state index contributed by atoms with van der Waals surface area (Å²) in [6.45, 7) is 4.90. The van der Waals surface area contributed by atoms with Crippen molar-refractivity contribution in [2.24, 2.45) is 0 Å². The summed E-state index contributed by atoms with van der Waals surface area (Å²) in [5.41, 5.74) is 0. The van der Waals surface area contributed by atoms with Gasteiger partial charge in [0.2, 0.25) is 0 Å². The van der Waals surface area contributed by atoms with Crippen LogP contribution in [0.3, 0.4) is 0 Å². The maximum atomic E-state index is 11.2. The van der Waals surface area contributed by atoms with Gasteiger partial charge in [-0.15, -0.1) is 0 Å². The van der Waals surface area contributed by atoms with Gasteiger partial charge in [-0.2, -0.15) is 17.9 Å². The molecule has 0 fully saturated rings. The molecule has 14 heavy (non-hydrogen) atoms. The fraction of sp³-hybridized carbons (Fsp3) is 0.857. The van der Waals surface area contributed by atoms with E-state index in [0.717, 1.165) is 0 Å². The highest BCUT2D eigenvalue weighted by Gasteiger charge is 2.22. The van der Waals surface area contributed by atoms with Gasteiger partial charge in [0.05, 0.1) is 0 Å². The molecule has 0 aromatic carbocycles. The third-order valence-corrected chi connectivity index (χ3v) is 2.77. The van der Waals surface area contributed by atoms with Crippen LogP contribution in [0, 0.1) is 0 Å². The van der Waals surface area contributed by atoms with Crippen LogP contribution in [0.5, 0.6) is 0 Å².